The average Bonchev–Trinajstić information content (AvgIpc) is 1.65. The van der Waals surface area contributed by atoms with E-state index in [1.54, 1.807) is 0 Å². The molecule has 93 heavy (non-hydrogen) atoms. The number of phosphoric ester groups is 4. The van der Waals surface area contributed by atoms with Crippen LogP contribution in [0.2, 0.25) is 0 Å². The highest BCUT2D eigenvalue weighted by molar-refractivity contribution is 7.61. The topological polar surface area (TPSA) is 725 Å². The molecule has 4 aliphatic rings. The predicted octanol–water partition coefficient (Wildman–Crippen LogP) is -4.44. The third-order valence-electron chi connectivity index (χ3n) is 13.7. The number of nitrogen functional groups attached to an aromatic ring is 2. The van der Waals surface area contributed by atoms with Crippen LogP contribution in [0, 0.1) is 0 Å². The number of nitrogens with zero attached hydrogens (tertiary/aromatic N) is 16. The van der Waals surface area contributed by atoms with Crippen molar-refractivity contribution in [3.8, 4) is 0 Å². The Hall–Kier alpha value is -7.36. The van der Waals surface area contributed by atoms with Gasteiger partial charge in [0.05, 0.1) is 39.1 Å². The monoisotopic (exact) mass is 1400 g/mol. The summed E-state index contributed by atoms with van der Waals surface area (Å²) in [5, 5.41) is 68.8. The zero-order chi connectivity index (χ0) is 68.1. The molecule has 10 rings (SSSR count). The fourth-order valence-corrected chi connectivity index (χ4v) is 12.1. The number of primary amides is 2. The lowest BCUT2D eigenvalue weighted by Crippen LogP contribution is -2.45. The largest absolute Gasteiger partial charge is 0.481 e. The first-order chi connectivity index (χ1) is 43.7. The van der Waals surface area contributed by atoms with Crippen LogP contribution in [0.3, 0.4) is 0 Å². The lowest BCUT2D eigenvalue weighted by molar-refractivity contribution is -0.761. The summed E-state index contributed by atoms with van der Waals surface area (Å²) in [5.41, 5.74) is 40.6. The summed E-state index contributed by atoms with van der Waals surface area (Å²) in [6.07, 6.45) is -8.41. The summed E-state index contributed by atoms with van der Waals surface area (Å²) in [5.74, 6) is -1.28. The van der Waals surface area contributed by atoms with Crippen molar-refractivity contribution < 1.29 is 138 Å². The number of ether oxygens (including phenoxy) is 4. The van der Waals surface area contributed by atoms with Crippen molar-refractivity contribution in [3.05, 3.63) is 106 Å². The number of azide groups is 2. The molecule has 0 radical (unpaired) electrons. The second-order valence-corrected chi connectivity index (χ2v) is 25.3. The molecule has 0 aliphatic carbocycles. The number of anilines is 2. The van der Waals surface area contributed by atoms with Crippen LogP contribution in [0.1, 0.15) is 45.6 Å². The molecule has 6 aromatic heterocycles. The standard InChI is InChI=1S/C21H26N10O13P2.C11H14N5O7P.C10H14N5O7P/c22-17-13-19(26-7-25-17)31(8-27-13)21-16(34)15(33)11(43-21)6-41-46(38,39)44-45(36,37)40-5-10-14(32)12(28-29-24)20(42-10)30-3-1-2-9(4-30)18(23)35;12-10(18)6-2-1-3-16(4-6)11-8(14-15-13)9(17)7(23-11)5-22-24(19,20)21;11-8-5-9(13-2-12-8)15(3-14-5)10-7(17)6(16)4(22-10)1-21-23(18,19)20/h1-4,7-8,10-12,14-16,20-21,32-34H,5-6H2,(H5-,22,23,25,26,35,36,37,38,39);1-4,7-9,11,17H,5H2,(H3-,12,18,19,20,21);2-4,6-7,10,16-17H,1H2,(H2,11,12,13)(H2,18,19,20)/p+2/t10-,11-,12-,14-,15-,16-,20-,21-;7-,8-,9-,11-;4-,6-,7-,10-/m111/s1. The van der Waals surface area contributed by atoms with Crippen LogP contribution in [0.4, 0.5) is 11.6 Å². The van der Waals surface area contributed by atoms with Crippen molar-refractivity contribution in [2.24, 2.45) is 21.7 Å². The molecule has 47 nitrogen and oxygen atoms in total. The van der Waals surface area contributed by atoms with Crippen LogP contribution < -0.4 is 32.1 Å². The number of aliphatic hydroxyl groups is 6. The maximum atomic E-state index is 12.5. The van der Waals surface area contributed by atoms with E-state index in [1.807, 2.05) is 0 Å². The number of imidazole rings is 2. The number of carbonyl (C=O) groups excluding carboxylic acids is 2. The first-order valence-electron chi connectivity index (χ1n) is 26.0. The van der Waals surface area contributed by atoms with Crippen LogP contribution in [-0.4, -0.2) is 210 Å². The highest BCUT2D eigenvalue weighted by atomic mass is 31.3. The fourth-order valence-electron chi connectivity index (χ4n) is 9.35. The Labute approximate surface area is 517 Å². The first-order valence-corrected chi connectivity index (χ1v) is 32.1. The van der Waals surface area contributed by atoms with Gasteiger partial charge < -0.3 is 102 Å². The van der Waals surface area contributed by atoms with Gasteiger partial charge in [0.15, 0.2) is 72.3 Å². The quantitative estimate of drug-likeness (QED) is 0.0100. The number of amides is 2. The number of phosphoric acid groups is 4. The minimum absolute atomic E-state index is 0.0453. The second kappa shape index (κ2) is 29.5. The van der Waals surface area contributed by atoms with Crippen molar-refractivity contribution >= 4 is 77.1 Å². The number of pyridine rings is 2. The van der Waals surface area contributed by atoms with Gasteiger partial charge in [-0.25, -0.2) is 48.2 Å². The van der Waals surface area contributed by atoms with Gasteiger partial charge in [0.1, 0.15) is 95.9 Å². The zero-order valence-electron chi connectivity index (χ0n) is 46.7. The van der Waals surface area contributed by atoms with Crippen LogP contribution in [-0.2, 0) is 59.6 Å². The number of nitrogens with two attached hydrogens (primary N) is 4. The molecular formula is C42H56N20O27P4+2. The minimum atomic E-state index is -5.41. The molecule has 10 heterocycles. The minimum Gasteiger partial charge on any atom is -0.389 e. The molecule has 0 spiro atoms. The molecule has 2 amide bonds. The smallest absolute Gasteiger partial charge is 0.389 e. The van der Waals surface area contributed by atoms with Crippen LogP contribution >= 0.6 is 31.3 Å². The Balaban J connectivity index is 0.000000198. The fraction of sp³-hybridized carbons (Fsp3) is 0.476. The van der Waals surface area contributed by atoms with Crippen LogP contribution in [0.5, 0.6) is 0 Å². The number of fused-ring (bicyclic) bond motifs is 2. The van der Waals surface area contributed by atoms with Crippen molar-refractivity contribution in [2.75, 3.05) is 37.9 Å². The van der Waals surface area contributed by atoms with Gasteiger partial charge in [-0.2, -0.15) is 13.4 Å². The number of hydrogen-bond acceptors (Lipinski definition) is 31. The number of aliphatic hydroxyl groups excluding tert-OH is 6. The molecule has 504 valence electrons. The molecule has 51 heteroatoms. The van der Waals surface area contributed by atoms with E-state index in [0.717, 1.165) is 6.33 Å². The first kappa shape index (κ1) is 71.5. The van der Waals surface area contributed by atoms with Crippen molar-refractivity contribution in [1.82, 2.24) is 39.0 Å². The highest BCUT2D eigenvalue weighted by Gasteiger charge is 2.52. The van der Waals surface area contributed by atoms with E-state index in [4.69, 9.17) is 81.6 Å². The Morgan fingerprint density at radius 1 is 0.548 bits per heavy atom. The molecule has 4 saturated heterocycles. The lowest BCUT2D eigenvalue weighted by Gasteiger charge is -2.20. The number of carbonyl (C=O) groups is 2. The molecule has 0 aromatic carbocycles. The van der Waals surface area contributed by atoms with Gasteiger partial charge in [-0.05, 0) is 23.2 Å². The van der Waals surface area contributed by atoms with E-state index in [-0.39, 0.29) is 39.6 Å². The van der Waals surface area contributed by atoms with Gasteiger partial charge in [0, 0.05) is 22.0 Å². The van der Waals surface area contributed by atoms with E-state index in [2.05, 4.69) is 63.3 Å². The van der Waals surface area contributed by atoms with Crippen molar-refractivity contribution in [3.63, 3.8) is 0 Å². The predicted molar refractivity (Wildman–Crippen MR) is 296 cm³/mol. The Morgan fingerprint density at radius 2 is 0.903 bits per heavy atom. The summed E-state index contributed by atoms with van der Waals surface area (Å²) in [6.45, 7) is -3.03. The van der Waals surface area contributed by atoms with E-state index < -0.39 is 168 Å². The normalized spacial score (nSPS) is 29.0. The molecule has 2 unspecified atom stereocenters. The molecule has 4 aliphatic heterocycles. The van der Waals surface area contributed by atoms with E-state index in [9.17, 15) is 68.3 Å². The third kappa shape index (κ3) is 17.3. The molecule has 20 N–H and O–H groups in total. The van der Waals surface area contributed by atoms with Gasteiger partial charge in [0.2, 0.25) is 0 Å². The lowest BCUT2D eigenvalue weighted by atomic mass is 10.1. The summed E-state index contributed by atoms with van der Waals surface area (Å²) in [4.78, 5) is 107. The maximum Gasteiger partial charge on any atom is 0.481 e. The van der Waals surface area contributed by atoms with Crippen molar-refractivity contribution in [1.29, 1.82) is 0 Å². The van der Waals surface area contributed by atoms with Gasteiger partial charge >= 0.3 is 31.3 Å². The Bertz CT molecular complexity index is 3990. The Morgan fingerprint density at radius 3 is 1.25 bits per heavy atom. The summed E-state index contributed by atoms with van der Waals surface area (Å²) < 4.78 is 96.2. The SMILES string of the molecule is Nc1ncnc2c1ncn2[C@@H]1O[C@H](COP(=O)(O)O)[C@@H](O)[C@H]1O.[N-]=[N+]=N[C@@H]1[C@H](O)[C@@H](COP(=O)(O)O)O[C@H]1[n+]1cccc(C(N)=O)c1.[N-]=[N+]=N[C@@H]1[C@H](O)[C@@H](COP(=O)(O)OP(=O)(O)OC[C@H]2O[C@@H](n3cnc4c(N)ncnc43)[C@H](O)[C@@H]2O)O[C@H]1[n+]1cccc(C(N)=O)c1. The molecular weight excluding hydrogens is 1340 g/mol. The van der Waals surface area contributed by atoms with Gasteiger partial charge in [-0.3, -0.25) is 36.8 Å². The summed E-state index contributed by atoms with van der Waals surface area (Å²) in [6, 6.07) is 3.38. The molecule has 0 bridgehead atoms. The molecule has 6 aromatic rings. The number of hydrogen-bond donors (Lipinski definition) is 16. The van der Waals surface area contributed by atoms with Crippen molar-refractivity contribution in [2.45, 2.75) is 98.0 Å². The van der Waals surface area contributed by atoms with Gasteiger partial charge in [-0.15, -0.1) is 0 Å². The molecule has 0 saturated carbocycles. The average molecular weight is 1400 g/mol. The van der Waals surface area contributed by atoms with Gasteiger partial charge in [-0.1, -0.05) is 10.2 Å². The number of rotatable bonds is 22. The summed E-state index contributed by atoms with van der Waals surface area (Å²) in [7, 11) is -20.3. The van der Waals surface area contributed by atoms with E-state index >= 15 is 0 Å². The summed E-state index contributed by atoms with van der Waals surface area (Å²) >= 11 is 0. The van der Waals surface area contributed by atoms with E-state index in [0.29, 0.717) is 5.52 Å². The van der Waals surface area contributed by atoms with Crippen LogP contribution in [0.15, 0.2) is 84.6 Å². The van der Waals surface area contributed by atoms with E-state index in [1.165, 1.54) is 86.3 Å². The molecule has 4 fully saturated rings. The van der Waals surface area contributed by atoms with Crippen LogP contribution in [0.25, 0.3) is 43.2 Å². The number of aromatic nitrogens is 10. The second-order valence-electron chi connectivity index (χ2n) is 19.8. The van der Waals surface area contributed by atoms with Gasteiger partial charge in [0.25, 0.3) is 24.3 Å². The zero-order valence-corrected chi connectivity index (χ0v) is 50.3. The third-order valence-corrected chi connectivity index (χ3v) is 17.2. The molecule has 18 atom stereocenters. The highest BCUT2D eigenvalue weighted by Crippen LogP contribution is 2.61. The maximum absolute atomic E-state index is 12.5. The Kier molecular flexibility index (Phi) is 22.7.